The smallest absolute Gasteiger partial charge is 0.322 e. The van der Waals surface area contributed by atoms with Crippen LogP contribution < -0.4 is 16.0 Å². The van der Waals surface area contributed by atoms with E-state index in [9.17, 15) is 14.4 Å². The lowest BCUT2D eigenvalue weighted by Crippen LogP contribution is -2.39. The van der Waals surface area contributed by atoms with Gasteiger partial charge < -0.3 is 26.2 Å². The third kappa shape index (κ3) is 29.1. The molecule has 1 saturated heterocycles. The van der Waals surface area contributed by atoms with E-state index >= 15 is 0 Å². The van der Waals surface area contributed by atoms with E-state index in [1.54, 1.807) is 30.3 Å². The molecular weight excluding hydrogens is 518 g/mol. The van der Waals surface area contributed by atoms with Crippen molar-refractivity contribution < 1.29 is 24.6 Å². The van der Waals surface area contributed by atoms with Gasteiger partial charge in [0.25, 0.3) is 5.91 Å². The average molecular weight is 568 g/mol. The van der Waals surface area contributed by atoms with Gasteiger partial charge in [-0.2, -0.15) is 0 Å². The largest absolute Gasteiger partial charge is 0.481 e. The van der Waals surface area contributed by atoms with E-state index in [0.717, 1.165) is 71.1 Å². The molecule has 0 saturated carbocycles. The summed E-state index contributed by atoms with van der Waals surface area (Å²) >= 11 is 0. The molecule has 226 valence electrons. The second kappa shape index (κ2) is 29.2. The molecule has 0 radical (unpaired) electrons. The van der Waals surface area contributed by atoms with E-state index in [1.165, 1.54) is 0 Å². The first kappa shape index (κ1) is 37.2. The van der Waals surface area contributed by atoms with Crippen LogP contribution in [0.1, 0.15) is 68.6 Å². The molecule has 0 bridgehead atoms. The first-order valence-electron chi connectivity index (χ1n) is 14.4. The van der Waals surface area contributed by atoms with Gasteiger partial charge in [0.1, 0.15) is 6.54 Å². The van der Waals surface area contributed by atoms with E-state index in [1.807, 2.05) is 0 Å². The highest BCUT2D eigenvalue weighted by molar-refractivity contribution is 5.95. The van der Waals surface area contributed by atoms with Crippen molar-refractivity contribution in [1.29, 1.82) is 0 Å². The molecule has 2 rings (SSSR count). The van der Waals surface area contributed by atoms with E-state index in [4.69, 9.17) is 10.2 Å². The Bertz CT molecular complexity index is 937. The van der Waals surface area contributed by atoms with Crippen molar-refractivity contribution in [2.45, 2.75) is 58.3 Å². The van der Waals surface area contributed by atoms with Crippen molar-refractivity contribution in [1.82, 2.24) is 16.0 Å². The van der Waals surface area contributed by atoms with Crippen molar-refractivity contribution in [3.63, 3.8) is 0 Å². The van der Waals surface area contributed by atoms with Gasteiger partial charge in [0.05, 0.1) is 0 Å². The topological polar surface area (TPSA) is 128 Å². The second-order valence-electron chi connectivity index (χ2n) is 8.94. The molecule has 0 aliphatic carbocycles. The number of benzene rings is 1. The summed E-state index contributed by atoms with van der Waals surface area (Å²) in [5, 5.41) is 25.5. The Morgan fingerprint density at radius 3 is 1.59 bits per heavy atom. The Kier molecular flexibility index (Phi) is 26.6. The molecular formula is C33H49N3O5. The molecule has 1 aliphatic heterocycles. The first-order chi connectivity index (χ1) is 20.0. The number of hydrogen-bond donors (Lipinski definition) is 5. The van der Waals surface area contributed by atoms with Gasteiger partial charge in [-0.05, 0) is 57.1 Å². The molecule has 1 aliphatic rings. The number of amides is 1. The van der Waals surface area contributed by atoms with Crippen LogP contribution in [0, 0.1) is 0 Å². The molecule has 5 N–H and O–H groups in total. The fraction of sp³-hybridized carbons (Fsp3) is 0.424. The molecule has 0 unspecified atom stereocenters. The summed E-state index contributed by atoms with van der Waals surface area (Å²) in [7, 11) is 0. The number of piperazine rings is 1. The molecule has 1 amide bonds. The fourth-order valence-corrected chi connectivity index (χ4v) is 3.19. The molecule has 1 aromatic carbocycles. The van der Waals surface area contributed by atoms with Crippen LogP contribution in [-0.2, 0) is 9.59 Å². The van der Waals surface area contributed by atoms with Gasteiger partial charge in [-0.25, -0.2) is 0 Å². The maximum atomic E-state index is 11.2. The lowest BCUT2D eigenvalue weighted by atomic mass is 10.2. The number of carbonyl (C=O) groups excluding carboxylic acids is 1. The average Bonchev–Trinajstić information content (AvgIpc) is 2.99. The molecule has 1 heterocycles. The van der Waals surface area contributed by atoms with Gasteiger partial charge in [0.2, 0.25) is 0 Å². The third-order valence-corrected chi connectivity index (χ3v) is 5.31. The van der Waals surface area contributed by atoms with Crippen molar-refractivity contribution >= 4 is 17.8 Å². The normalized spacial score (nSPS) is 13.3. The highest BCUT2D eigenvalue weighted by Gasteiger charge is 2.05. The second-order valence-corrected chi connectivity index (χ2v) is 8.94. The summed E-state index contributed by atoms with van der Waals surface area (Å²) in [6.07, 6.45) is 28.4. The summed E-state index contributed by atoms with van der Waals surface area (Å²) in [6.45, 7) is 6.35. The minimum atomic E-state index is -1.05. The Hall–Kier alpha value is -3.75. The van der Waals surface area contributed by atoms with E-state index in [0.29, 0.717) is 5.56 Å². The highest BCUT2D eigenvalue weighted by atomic mass is 16.4. The molecule has 8 heteroatoms. The highest BCUT2D eigenvalue weighted by Crippen LogP contribution is 1.99. The Morgan fingerprint density at radius 2 is 1.17 bits per heavy atom. The van der Waals surface area contributed by atoms with Crippen molar-refractivity contribution in [3.8, 4) is 0 Å². The number of unbranched alkanes of at least 4 members (excludes halogenated alkanes) is 1. The van der Waals surface area contributed by atoms with Crippen LogP contribution in [0.4, 0.5) is 0 Å². The minimum Gasteiger partial charge on any atom is -0.481 e. The predicted octanol–water partition coefficient (Wildman–Crippen LogP) is 5.67. The molecule has 1 fully saturated rings. The fourth-order valence-electron chi connectivity index (χ4n) is 3.19. The predicted molar refractivity (Wildman–Crippen MR) is 168 cm³/mol. The van der Waals surface area contributed by atoms with Gasteiger partial charge >= 0.3 is 11.9 Å². The zero-order chi connectivity index (χ0) is 30.2. The van der Waals surface area contributed by atoms with E-state index in [-0.39, 0.29) is 18.9 Å². The van der Waals surface area contributed by atoms with Crippen LogP contribution in [-0.4, -0.2) is 60.8 Å². The molecule has 41 heavy (non-hydrogen) atoms. The number of carboxylic acid groups (broad SMARTS) is 2. The molecule has 0 spiro atoms. The lowest BCUT2D eigenvalue weighted by Gasteiger charge is -2.11. The monoisotopic (exact) mass is 567 g/mol. The van der Waals surface area contributed by atoms with Crippen LogP contribution in [0.5, 0.6) is 0 Å². The lowest BCUT2D eigenvalue weighted by molar-refractivity contribution is -0.137. The molecule has 0 aromatic heterocycles. The minimum absolute atomic E-state index is 0.258. The summed E-state index contributed by atoms with van der Waals surface area (Å²) in [5.74, 6) is -2.14. The van der Waals surface area contributed by atoms with Gasteiger partial charge in [0.15, 0.2) is 0 Å². The standard InChI is InChI=1S/C20H30O2.C9H9NO3.C4H10N2/c1-2-3-4-5-6-7-8-9-10-11-12-13-14-15-16-17-18-19-20(21)22;11-8(12)6-10-9(13)7-4-2-1-3-5-7;1-2-6-4-3-5-1/h3-4,6-7,9-10,12-13,15-16H,2,5,8,11,14,17-19H2,1H3,(H,21,22);1-5H,6H2,(H,10,13)(H,11,12);5-6H,1-4H2/b4-3-,7-6-,10-9-,13-12-,16-15-;;. The van der Waals surface area contributed by atoms with E-state index < -0.39 is 11.9 Å². The van der Waals surface area contributed by atoms with Gasteiger partial charge in [-0.1, -0.05) is 85.9 Å². The quantitative estimate of drug-likeness (QED) is 0.129. The summed E-state index contributed by atoms with van der Waals surface area (Å²) in [6, 6.07) is 8.47. The Balaban J connectivity index is 0.000000696. The zero-order valence-corrected chi connectivity index (χ0v) is 24.5. The number of carbonyl (C=O) groups is 3. The molecule has 0 atom stereocenters. The van der Waals surface area contributed by atoms with E-state index in [2.05, 4.69) is 83.6 Å². The number of carboxylic acids is 2. The zero-order valence-electron chi connectivity index (χ0n) is 24.5. The molecule has 1 aromatic rings. The third-order valence-electron chi connectivity index (χ3n) is 5.31. The SMILES string of the molecule is C1CNCCN1.CC/C=C\C/C=C\C/C=C\C/C=C\C/C=C\CCCC(=O)O.O=C(O)CNC(=O)c1ccccc1. The van der Waals surface area contributed by atoms with Crippen molar-refractivity contribution in [3.05, 3.63) is 96.7 Å². The number of hydrogen-bond acceptors (Lipinski definition) is 5. The van der Waals surface area contributed by atoms with Crippen LogP contribution in [0.25, 0.3) is 0 Å². The number of nitrogens with one attached hydrogen (secondary N) is 3. The van der Waals surface area contributed by atoms with Gasteiger partial charge in [0, 0.05) is 38.2 Å². The maximum absolute atomic E-state index is 11.2. The summed E-state index contributed by atoms with van der Waals surface area (Å²) < 4.78 is 0. The van der Waals surface area contributed by atoms with Crippen molar-refractivity contribution in [2.24, 2.45) is 0 Å². The van der Waals surface area contributed by atoms with Crippen LogP contribution in [0.2, 0.25) is 0 Å². The van der Waals surface area contributed by atoms with Gasteiger partial charge in [-0.15, -0.1) is 0 Å². The summed E-state index contributed by atoms with van der Waals surface area (Å²) in [4.78, 5) is 31.6. The van der Waals surface area contributed by atoms with Crippen LogP contribution >= 0.6 is 0 Å². The van der Waals surface area contributed by atoms with Crippen LogP contribution in [0.3, 0.4) is 0 Å². The number of allylic oxidation sites excluding steroid dienone is 10. The van der Waals surface area contributed by atoms with Crippen LogP contribution in [0.15, 0.2) is 91.1 Å². The molecule has 8 nitrogen and oxygen atoms in total. The maximum Gasteiger partial charge on any atom is 0.322 e. The van der Waals surface area contributed by atoms with Crippen molar-refractivity contribution in [2.75, 3.05) is 32.7 Å². The summed E-state index contributed by atoms with van der Waals surface area (Å²) in [5.41, 5.74) is 0.462. The Labute approximate surface area is 246 Å². The Morgan fingerprint density at radius 1 is 0.707 bits per heavy atom. The van der Waals surface area contributed by atoms with Gasteiger partial charge in [-0.3, -0.25) is 14.4 Å². The first-order valence-corrected chi connectivity index (χ1v) is 14.4. The number of rotatable bonds is 16. The number of aliphatic carboxylic acids is 2.